The number of benzene rings is 1. The number of methoxy groups -OCH3 is 2. The Morgan fingerprint density at radius 1 is 1.24 bits per heavy atom. The lowest BCUT2D eigenvalue weighted by Gasteiger charge is -2.35. The van der Waals surface area contributed by atoms with Crippen LogP contribution in [0.3, 0.4) is 0 Å². The fraction of sp³-hybridized carbons (Fsp3) is 0.429. The number of carbonyl (C=O) groups is 1. The molecule has 4 rings (SSSR count). The monoisotopic (exact) mass is 552 g/mol. The Bertz CT molecular complexity index is 1410. The predicted molar refractivity (Wildman–Crippen MR) is 155 cm³/mol. The lowest BCUT2D eigenvalue weighted by molar-refractivity contribution is -0.122. The van der Waals surface area contributed by atoms with Crippen LogP contribution in [0.2, 0.25) is 0 Å². The van der Waals surface area contributed by atoms with Crippen molar-refractivity contribution >= 4 is 46.1 Å². The van der Waals surface area contributed by atoms with E-state index in [0.717, 1.165) is 42.9 Å². The fourth-order valence-corrected chi connectivity index (χ4v) is 6.37. The topological polar surface area (TPSA) is 87.8 Å². The molecule has 0 N–H and O–H groups in total. The van der Waals surface area contributed by atoms with Gasteiger partial charge in [0.1, 0.15) is 21.8 Å². The molecule has 10 heteroatoms. The van der Waals surface area contributed by atoms with Crippen LogP contribution in [0.15, 0.2) is 27.9 Å². The number of aromatic nitrogens is 1. The van der Waals surface area contributed by atoms with Gasteiger partial charge in [-0.15, -0.1) is 0 Å². The molecule has 2 saturated heterocycles. The van der Waals surface area contributed by atoms with Crippen molar-refractivity contribution in [3.05, 3.63) is 55.7 Å². The zero-order valence-corrected chi connectivity index (χ0v) is 24.0. The lowest BCUT2D eigenvalue weighted by atomic mass is 9.98. The highest BCUT2D eigenvalue weighted by Gasteiger charge is 2.33. The van der Waals surface area contributed by atoms with Crippen molar-refractivity contribution in [1.82, 2.24) is 9.47 Å². The standard InChI is InChI=1S/C28H32N4O4S2/c1-17-7-6-11-31(16-17)25-20(18(2)21(15-29)26(33)30(25)3)14-24-27(34)32(28(37)38-24)12-10-19-8-9-22(35-4)23(13-19)36-5/h8-9,13-14,17H,6-7,10-12,16H2,1-5H3. The Morgan fingerprint density at radius 2 is 1.97 bits per heavy atom. The van der Waals surface area contributed by atoms with Crippen LogP contribution < -0.4 is 19.9 Å². The van der Waals surface area contributed by atoms with Crippen molar-refractivity contribution in [1.29, 1.82) is 5.26 Å². The van der Waals surface area contributed by atoms with Crippen LogP contribution in [-0.2, 0) is 18.3 Å². The molecule has 2 aliphatic heterocycles. The summed E-state index contributed by atoms with van der Waals surface area (Å²) in [7, 11) is 4.88. The number of hydrogen-bond donors (Lipinski definition) is 0. The SMILES string of the molecule is COc1ccc(CCN2C(=O)C(=Cc3c(C)c(C#N)c(=O)n(C)c3N3CCCC(C)C3)SC2=S)cc1OC. The normalized spacial score (nSPS) is 18.7. The lowest BCUT2D eigenvalue weighted by Crippen LogP contribution is -2.39. The van der Waals surface area contributed by atoms with Crippen molar-refractivity contribution in [3.8, 4) is 17.6 Å². The van der Waals surface area contributed by atoms with E-state index in [1.165, 1.54) is 11.8 Å². The number of anilines is 1. The van der Waals surface area contributed by atoms with Gasteiger partial charge in [0.2, 0.25) is 0 Å². The van der Waals surface area contributed by atoms with E-state index in [2.05, 4.69) is 17.9 Å². The first kappa shape index (κ1) is 27.7. The summed E-state index contributed by atoms with van der Waals surface area (Å²) in [5.74, 6) is 2.33. The number of nitrogens with zero attached hydrogens (tertiary/aromatic N) is 4. The van der Waals surface area contributed by atoms with Crippen molar-refractivity contribution in [2.24, 2.45) is 13.0 Å². The maximum Gasteiger partial charge on any atom is 0.270 e. The van der Waals surface area contributed by atoms with Crippen molar-refractivity contribution in [2.45, 2.75) is 33.1 Å². The number of pyridine rings is 1. The maximum atomic E-state index is 13.5. The van der Waals surface area contributed by atoms with E-state index in [0.29, 0.717) is 45.2 Å². The van der Waals surface area contributed by atoms with E-state index in [-0.39, 0.29) is 17.0 Å². The quantitative estimate of drug-likeness (QED) is 0.372. The Kier molecular flexibility index (Phi) is 8.48. The molecule has 0 aliphatic carbocycles. The van der Waals surface area contributed by atoms with Crippen LogP contribution in [0.4, 0.5) is 5.82 Å². The van der Waals surface area contributed by atoms with E-state index in [4.69, 9.17) is 21.7 Å². The highest BCUT2D eigenvalue weighted by Crippen LogP contribution is 2.37. The smallest absolute Gasteiger partial charge is 0.270 e. The molecule has 200 valence electrons. The van der Waals surface area contributed by atoms with E-state index in [1.54, 1.807) is 43.7 Å². The first-order chi connectivity index (χ1) is 18.2. The molecule has 8 nitrogen and oxygen atoms in total. The Morgan fingerprint density at radius 3 is 2.63 bits per heavy atom. The fourth-order valence-electron chi connectivity index (χ4n) is 5.08. The van der Waals surface area contributed by atoms with Crippen LogP contribution >= 0.6 is 24.0 Å². The van der Waals surface area contributed by atoms with Crippen molar-refractivity contribution in [3.63, 3.8) is 0 Å². The molecule has 38 heavy (non-hydrogen) atoms. The third-order valence-electron chi connectivity index (χ3n) is 7.15. The van der Waals surface area contributed by atoms with Gasteiger partial charge in [-0.05, 0) is 61.4 Å². The Hall–Kier alpha value is -3.29. The van der Waals surface area contributed by atoms with E-state index >= 15 is 0 Å². The number of thioether (sulfide) groups is 1. The number of rotatable bonds is 7. The minimum absolute atomic E-state index is 0.0940. The Balaban J connectivity index is 1.66. The average Bonchev–Trinajstić information content (AvgIpc) is 3.17. The molecule has 1 aromatic carbocycles. The van der Waals surface area contributed by atoms with Crippen LogP contribution in [0.1, 0.15) is 42.0 Å². The number of piperidine rings is 1. The van der Waals surface area contributed by atoms with Crippen LogP contribution in [0, 0.1) is 24.2 Å². The van der Waals surface area contributed by atoms with E-state index < -0.39 is 0 Å². The molecule has 2 fully saturated rings. The third kappa shape index (κ3) is 5.31. The summed E-state index contributed by atoms with van der Waals surface area (Å²) in [4.78, 5) is 30.8. The molecule has 0 radical (unpaired) electrons. The molecule has 1 atom stereocenters. The van der Waals surface area contributed by atoms with Crippen LogP contribution in [0.5, 0.6) is 11.5 Å². The zero-order chi connectivity index (χ0) is 27.6. The Labute approximate surface area is 232 Å². The second kappa shape index (κ2) is 11.6. The first-order valence-electron chi connectivity index (χ1n) is 12.5. The zero-order valence-electron chi connectivity index (χ0n) is 22.4. The van der Waals surface area contributed by atoms with E-state index in [9.17, 15) is 14.9 Å². The molecule has 1 amide bonds. The predicted octanol–water partition coefficient (Wildman–Crippen LogP) is 4.26. The molecule has 1 aromatic heterocycles. The van der Waals surface area contributed by atoms with Gasteiger partial charge in [0.25, 0.3) is 11.5 Å². The number of ether oxygens (including phenoxy) is 2. The van der Waals surface area contributed by atoms with Gasteiger partial charge in [-0.3, -0.25) is 19.1 Å². The summed E-state index contributed by atoms with van der Waals surface area (Å²) in [5.41, 5.74) is 2.07. The molecule has 3 heterocycles. The molecule has 0 saturated carbocycles. The van der Waals surface area contributed by atoms with E-state index in [1.807, 2.05) is 18.2 Å². The number of thiocarbonyl (C=S) groups is 1. The summed E-state index contributed by atoms with van der Waals surface area (Å²) in [6.45, 7) is 6.02. The number of amides is 1. The molecule has 2 aliphatic rings. The third-order valence-corrected chi connectivity index (χ3v) is 8.52. The van der Waals surface area contributed by atoms with Crippen LogP contribution in [-0.4, -0.2) is 53.5 Å². The first-order valence-corrected chi connectivity index (χ1v) is 13.8. The van der Waals surface area contributed by atoms with Gasteiger partial charge in [-0.25, -0.2) is 0 Å². The summed E-state index contributed by atoms with van der Waals surface area (Å²) in [5, 5.41) is 9.72. The minimum Gasteiger partial charge on any atom is -0.493 e. The average molecular weight is 553 g/mol. The number of hydrogen-bond acceptors (Lipinski definition) is 8. The van der Waals surface area contributed by atoms with Crippen molar-refractivity contribution < 1.29 is 14.3 Å². The molecule has 1 unspecified atom stereocenters. The van der Waals surface area contributed by atoms with Gasteiger partial charge in [0, 0.05) is 32.2 Å². The molecular weight excluding hydrogens is 520 g/mol. The molecule has 2 aromatic rings. The summed E-state index contributed by atoms with van der Waals surface area (Å²) >= 11 is 6.83. The van der Waals surface area contributed by atoms with Gasteiger partial charge in [-0.1, -0.05) is 37.0 Å². The van der Waals surface area contributed by atoms with Gasteiger partial charge >= 0.3 is 0 Å². The second-order valence-corrected chi connectivity index (χ2v) is 11.4. The highest BCUT2D eigenvalue weighted by molar-refractivity contribution is 8.26. The molecule has 0 bridgehead atoms. The minimum atomic E-state index is -0.321. The number of nitriles is 1. The highest BCUT2D eigenvalue weighted by atomic mass is 32.2. The second-order valence-electron chi connectivity index (χ2n) is 9.68. The molecular formula is C28H32N4O4S2. The maximum absolute atomic E-state index is 13.5. The summed E-state index contributed by atoms with van der Waals surface area (Å²) in [6, 6.07) is 7.75. The van der Waals surface area contributed by atoms with Gasteiger partial charge in [0.05, 0.1) is 19.1 Å². The van der Waals surface area contributed by atoms with Gasteiger partial charge in [0.15, 0.2) is 11.5 Å². The van der Waals surface area contributed by atoms with Gasteiger partial charge < -0.3 is 14.4 Å². The number of carbonyl (C=O) groups excluding carboxylic acids is 1. The van der Waals surface area contributed by atoms with Crippen molar-refractivity contribution in [2.75, 3.05) is 38.8 Å². The largest absolute Gasteiger partial charge is 0.493 e. The molecule has 0 spiro atoms. The summed E-state index contributed by atoms with van der Waals surface area (Å²) in [6.07, 6.45) is 4.55. The van der Waals surface area contributed by atoms with Crippen LogP contribution in [0.25, 0.3) is 6.08 Å². The summed E-state index contributed by atoms with van der Waals surface area (Å²) < 4.78 is 12.7. The van der Waals surface area contributed by atoms with Gasteiger partial charge in [-0.2, -0.15) is 5.26 Å².